The summed E-state index contributed by atoms with van der Waals surface area (Å²) in [6.07, 6.45) is 2.50. The molecule has 0 saturated carbocycles. The van der Waals surface area contributed by atoms with Gasteiger partial charge in [0.15, 0.2) is 0 Å². The first-order chi connectivity index (χ1) is 12.1. The maximum atomic E-state index is 13.0. The summed E-state index contributed by atoms with van der Waals surface area (Å²) in [5, 5.41) is 3.29. The second kappa shape index (κ2) is 6.55. The molecule has 3 fully saturated rings. The van der Waals surface area contributed by atoms with Gasteiger partial charge in [-0.2, -0.15) is 0 Å². The molecule has 3 aliphatic heterocycles. The predicted molar refractivity (Wildman–Crippen MR) is 89.7 cm³/mol. The molecule has 3 aliphatic rings. The van der Waals surface area contributed by atoms with Crippen LogP contribution in [-0.2, 0) is 9.47 Å². The lowest BCUT2D eigenvalue weighted by Crippen LogP contribution is -2.55. The normalized spacial score (nSPS) is 29.5. The number of hydrogen-bond donors (Lipinski definition) is 1. The van der Waals surface area contributed by atoms with Gasteiger partial charge >= 0.3 is 5.63 Å². The van der Waals surface area contributed by atoms with Crippen molar-refractivity contribution < 1.29 is 18.7 Å². The number of carbonyl (C=O) groups excluding carboxylic acids is 1. The van der Waals surface area contributed by atoms with Crippen molar-refractivity contribution >= 4 is 5.91 Å². The Balaban J connectivity index is 1.58. The molecule has 1 aromatic rings. The van der Waals surface area contributed by atoms with E-state index in [1.807, 2.05) is 0 Å². The van der Waals surface area contributed by atoms with Gasteiger partial charge in [0.1, 0.15) is 17.4 Å². The molecule has 2 atom stereocenters. The maximum Gasteiger partial charge on any atom is 0.349 e. The molecule has 7 nitrogen and oxygen atoms in total. The third kappa shape index (κ3) is 3.12. The summed E-state index contributed by atoms with van der Waals surface area (Å²) in [6, 6.07) is 1.78. The largest absolute Gasteiger partial charge is 0.424 e. The van der Waals surface area contributed by atoms with Crippen LogP contribution in [0.4, 0.5) is 0 Å². The third-order valence-corrected chi connectivity index (χ3v) is 5.37. The topological polar surface area (TPSA) is 81.0 Å². The lowest BCUT2D eigenvalue weighted by molar-refractivity contribution is -0.0867. The third-order valence-electron chi connectivity index (χ3n) is 5.37. The number of morpholine rings is 1. The highest BCUT2D eigenvalue weighted by Crippen LogP contribution is 2.29. The monoisotopic (exact) mass is 348 g/mol. The Morgan fingerprint density at radius 2 is 2.28 bits per heavy atom. The van der Waals surface area contributed by atoms with Crippen LogP contribution in [0.2, 0.25) is 0 Å². The molecule has 136 valence electrons. The molecule has 0 aliphatic carbocycles. The summed E-state index contributed by atoms with van der Waals surface area (Å²) in [5.74, 6) is 0.259. The van der Waals surface area contributed by atoms with Gasteiger partial charge in [-0.3, -0.25) is 4.79 Å². The quantitative estimate of drug-likeness (QED) is 0.859. The van der Waals surface area contributed by atoms with Crippen molar-refractivity contribution in [3.05, 3.63) is 33.4 Å². The van der Waals surface area contributed by atoms with Crippen LogP contribution in [0.5, 0.6) is 0 Å². The van der Waals surface area contributed by atoms with Gasteiger partial charge in [-0.25, -0.2) is 4.79 Å². The van der Waals surface area contributed by atoms with Gasteiger partial charge in [-0.15, -0.1) is 0 Å². The first kappa shape index (κ1) is 16.8. The van der Waals surface area contributed by atoms with E-state index in [2.05, 4.69) is 5.32 Å². The molecule has 2 unspecified atom stereocenters. The fourth-order valence-electron chi connectivity index (χ4n) is 4.01. The van der Waals surface area contributed by atoms with Crippen LogP contribution in [0.3, 0.4) is 0 Å². The standard InChI is InChI=1S/C18H24N2O5/c1-12-9-14(13-3-2-7-23-13)25-17(22)15(12)16(21)20-6-8-24-18(11-20)4-5-19-10-18/h9,13,19H,2-8,10-11H2,1H3. The molecule has 4 heterocycles. The van der Waals surface area contributed by atoms with E-state index < -0.39 is 5.63 Å². The molecule has 0 bridgehead atoms. The molecular formula is C18H24N2O5. The second-order valence-corrected chi connectivity index (χ2v) is 7.18. The number of ether oxygens (including phenoxy) is 2. The summed E-state index contributed by atoms with van der Waals surface area (Å²) < 4.78 is 16.9. The molecule has 0 radical (unpaired) electrons. The molecule has 1 amide bonds. The zero-order valence-electron chi connectivity index (χ0n) is 14.5. The Kier molecular flexibility index (Phi) is 4.39. The zero-order chi connectivity index (χ0) is 17.4. The minimum absolute atomic E-state index is 0.129. The van der Waals surface area contributed by atoms with Crippen LogP contribution < -0.4 is 10.9 Å². The average Bonchev–Trinajstić information content (AvgIpc) is 3.26. The Hall–Kier alpha value is -1.70. The van der Waals surface area contributed by atoms with E-state index in [0.717, 1.165) is 32.4 Å². The van der Waals surface area contributed by atoms with Gasteiger partial charge in [-0.1, -0.05) is 0 Å². The van der Waals surface area contributed by atoms with Crippen LogP contribution in [0.15, 0.2) is 15.3 Å². The van der Waals surface area contributed by atoms with Crippen molar-refractivity contribution in [1.29, 1.82) is 0 Å². The van der Waals surface area contributed by atoms with Crippen molar-refractivity contribution in [3.63, 3.8) is 0 Å². The fraction of sp³-hybridized carbons (Fsp3) is 0.667. The Bertz CT molecular complexity index is 717. The van der Waals surface area contributed by atoms with Gasteiger partial charge in [0, 0.05) is 19.7 Å². The van der Waals surface area contributed by atoms with Gasteiger partial charge in [-0.05, 0) is 44.4 Å². The number of aryl methyl sites for hydroxylation is 1. The van der Waals surface area contributed by atoms with Gasteiger partial charge < -0.3 is 24.1 Å². The number of rotatable bonds is 2. The number of hydrogen-bond acceptors (Lipinski definition) is 6. The van der Waals surface area contributed by atoms with E-state index in [4.69, 9.17) is 13.9 Å². The zero-order valence-corrected chi connectivity index (χ0v) is 14.5. The highest BCUT2D eigenvalue weighted by atomic mass is 16.5. The number of nitrogens with zero attached hydrogens (tertiary/aromatic N) is 1. The first-order valence-corrected chi connectivity index (χ1v) is 8.98. The maximum absolute atomic E-state index is 13.0. The molecule has 4 rings (SSSR count). The van der Waals surface area contributed by atoms with Crippen LogP contribution >= 0.6 is 0 Å². The predicted octanol–water partition coefficient (Wildman–Crippen LogP) is 1.00. The Morgan fingerprint density at radius 3 is 2.96 bits per heavy atom. The van der Waals surface area contributed by atoms with Crippen molar-refractivity contribution in [1.82, 2.24) is 10.2 Å². The molecule has 1 spiro atoms. The van der Waals surface area contributed by atoms with E-state index in [0.29, 0.717) is 37.6 Å². The van der Waals surface area contributed by atoms with Crippen LogP contribution in [0.1, 0.15) is 47.0 Å². The molecule has 0 aromatic carbocycles. The van der Waals surface area contributed by atoms with Crippen LogP contribution in [-0.4, -0.2) is 55.8 Å². The highest BCUT2D eigenvalue weighted by molar-refractivity contribution is 5.95. The van der Waals surface area contributed by atoms with Crippen LogP contribution in [0.25, 0.3) is 0 Å². The number of carbonyl (C=O) groups is 1. The minimum Gasteiger partial charge on any atom is -0.424 e. The lowest BCUT2D eigenvalue weighted by atomic mass is 9.99. The summed E-state index contributed by atoms with van der Waals surface area (Å²) >= 11 is 0. The Morgan fingerprint density at radius 1 is 1.40 bits per heavy atom. The smallest absolute Gasteiger partial charge is 0.349 e. The average molecular weight is 348 g/mol. The second-order valence-electron chi connectivity index (χ2n) is 7.18. The summed E-state index contributed by atoms with van der Waals surface area (Å²) in [7, 11) is 0. The fourth-order valence-corrected chi connectivity index (χ4v) is 4.01. The van der Waals surface area contributed by atoms with Crippen molar-refractivity contribution in [2.45, 2.75) is 37.9 Å². The molecule has 25 heavy (non-hydrogen) atoms. The summed E-state index contributed by atoms with van der Waals surface area (Å²) in [4.78, 5) is 27.2. The van der Waals surface area contributed by atoms with E-state index in [1.54, 1.807) is 17.9 Å². The molecule has 1 N–H and O–H groups in total. The number of amides is 1. The SMILES string of the molecule is Cc1cc(C2CCCO2)oc(=O)c1C(=O)N1CCOC2(CCNC2)C1. The molecule has 3 saturated heterocycles. The summed E-state index contributed by atoms with van der Waals surface area (Å²) in [6.45, 7) is 5.58. The van der Waals surface area contributed by atoms with Crippen molar-refractivity contribution in [3.8, 4) is 0 Å². The van der Waals surface area contributed by atoms with E-state index >= 15 is 0 Å². The summed E-state index contributed by atoms with van der Waals surface area (Å²) in [5.41, 5.74) is -0.109. The van der Waals surface area contributed by atoms with Gasteiger partial charge in [0.05, 0.1) is 18.8 Å². The first-order valence-electron chi connectivity index (χ1n) is 8.98. The molecule has 1 aromatic heterocycles. The lowest BCUT2D eigenvalue weighted by Gasteiger charge is -2.40. The molecule has 7 heteroatoms. The number of nitrogens with one attached hydrogen (secondary N) is 1. The minimum atomic E-state index is -0.569. The van der Waals surface area contributed by atoms with Gasteiger partial charge in [0.25, 0.3) is 5.91 Å². The van der Waals surface area contributed by atoms with E-state index in [1.165, 1.54) is 0 Å². The van der Waals surface area contributed by atoms with E-state index in [9.17, 15) is 9.59 Å². The van der Waals surface area contributed by atoms with Crippen molar-refractivity contribution in [2.75, 3.05) is 39.4 Å². The highest BCUT2D eigenvalue weighted by Gasteiger charge is 2.41. The van der Waals surface area contributed by atoms with Crippen molar-refractivity contribution in [2.24, 2.45) is 0 Å². The van der Waals surface area contributed by atoms with E-state index in [-0.39, 0.29) is 23.2 Å². The van der Waals surface area contributed by atoms with Crippen LogP contribution in [0, 0.1) is 6.92 Å². The van der Waals surface area contributed by atoms with Gasteiger partial charge in [0.2, 0.25) is 0 Å². The Labute approximate surface area is 146 Å². The molecular weight excluding hydrogens is 324 g/mol.